The van der Waals surface area contributed by atoms with E-state index >= 15 is 4.39 Å². The Labute approximate surface area is 291 Å². The normalized spacial score (nSPS) is 17.7. The third-order valence-corrected chi connectivity index (χ3v) is 11.0. The average molecular weight is 711 g/mol. The van der Waals surface area contributed by atoms with E-state index < -0.39 is 24.2 Å². The fourth-order valence-corrected chi connectivity index (χ4v) is 8.28. The molecule has 2 aliphatic heterocycles. The summed E-state index contributed by atoms with van der Waals surface area (Å²) in [4.78, 5) is 37.4. The molecule has 5 aromatic rings. The maximum Gasteiger partial charge on any atom is 0.407 e. The molecule has 0 saturated carbocycles. The van der Waals surface area contributed by atoms with Gasteiger partial charge in [0.25, 0.3) is 0 Å². The highest BCUT2D eigenvalue weighted by atomic mass is 35.5. The van der Waals surface area contributed by atoms with Gasteiger partial charge in [-0.1, -0.05) is 37.0 Å². The number of halogens is 3. The summed E-state index contributed by atoms with van der Waals surface area (Å²) in [6, 6.07) is 9.71. The van der Waals surface area contributed by atoms with E-state index in [-0.39, 0.29) is 23.4 Å². The molecule has 0 radical (unpaired) electrons. The van der Waals surface area contributed by atoms with E-state index in [0.29, 0.717) is 56.9 Å². The predicted molar refractivity (Wildman–Crippen MR) is 185 cm³/mol. The molecule has 0 spiro atoms. The molecule has 7 rings (SSSR count). The van der Waals surface area contributed by atoms with Gasteiger partial charge in [0.05, 0.1) is 51.7 Å². The third-order valence-electron chi connectivity index (χ3n) is 9.25. The highest BCUT2D eigenvalue weighted by Crippen LogP contribution is 2.51. The molecule has 2 aromatic carbocycles. The number of nitrogens with one attached hydrogen (secondary N) is 2. The number of benzene rings is 2. The first kappa shape index (κ1) is 32.5. The Morgan fingerprint density at radius 2 is 1.98 bits per heavy atom. The Hall–Kier alpha value is -4.06. The number of amides is 2. The lowest BCUT2D eigenvalue weighted by Gasteiger charge is -2.30. The second-order valence-corrected chi connectivity index (χ2v) is 14.7. The minimum atomic E-state index is -0.748. The second-order valence-electron chi connectivity index (χ2n) is 12.6. The number of ether oxygens (including phenoxy) is 2. The number of thiophene rings is 1. The van der Waals surface area contributed by atoms with Gasteiger partial charge in [0.1, 0.15) is 23.4 Å². The maximum absolute atomic E-state index is 16.3. The van der Waals surface area contributed by atoms with Crippen LogP contribution in [0.15, 0.2) is 42.6 Å². The van der Waals surface area contributed by atoms with Gasteiger partial charge in [0.2, 0.25) is 12.1 Å². The Balaban J connectivity index is 1.27. The number of rotatable bonds is 6. The van der Waals surface area contributed by atoms with Crippen molar-refractivity contribution >= 4 is 57.4 Å². The number of likely N-dealkylation sites (tertiary alicyclic amines) is 1. The van der Waals surface area contributed by atoms with Gasteiger partial charge in [-0.2, -0.15) is 0 Å². The van der Waals surface area contributed by atoms with Crippen LogP contribution in [0.3, 0.4) is 0 Å². The van der Waals surface area contributed by atoms with E-state index in [0.717, 1.165) is 27.3 Å². The number of hydrogen-bond donors (Lipinski definition) is 2. The highest BCUT2D eigenvalue weighted by molar-refractivity contribution is 7.12. The molecule has 3 atom stereocenters. The first-order chi connectivity index (χ1) is 23.0. The van der Waals surface area contributed by atoms with Crippen LogP contribution in [0.2, 0.25) is 10.0 Å². The predicted octanol–water partition coefficient (Wildman–Crippen LogP) is 8.81. The first-order valence-electron chi connectivity index (χ1n) is 15.7. The quantitative estimate of drug-likeness (QED) is 0.184. The number of carbonyl (C=O) groups is 2. The summed E-state index contributed by atoms with van der Waals surface area (Å²) in [5, 5.41) is 4.31. The molecule has 5 heterocycles. The van der Waals surface area contributed by atoms with Crippen molar-refractivity contribution < 1.29 is 23.5 Å². The summed E-state index contributed by atoms with van der Waals surface area (Å²) in [5.74, 6) is 0.0719. The summed E-state index contributed by atoms with van der Waals surface area (Å²) in [6.07, 6.45) is 1.87. The standard InChI is InChI=1S/C35H34Cl2FN5O4S/c1-16(2)30(41-35(45)46-5)33(44)42-10-6-7-25(42)32-39-15-23(40-32)19-12-22(38)28-26(13-19)47-34(27-11-17(3)18(4)48-27)43-24-9-8-20(36)14-21(24)29(37)31(28)43/h8-9,11-16,25,30,34H,6-7,10H2,1-5H3,(H,39,40)(H,41,45). The van der Waals surface area contributed by atoms with Gasteiger partial charge in [-0.25, -0.2) is 14.2 Å². The zero-order valence-corrected chi connectivity index (χ0v) is 29.3. The number of H-pyrrole nitrogens is 1. The van der Waals surface area contributed by atoms with Gasteiger partial charge < -0.3 is 24.7 Å². The number of aromatic nitrogens is 3. The van der Waals surface area contributed by atoms with Gasteiger partial charge in [0.15, 0.2) is 0 Å². The van der Waals surface area contributed by atoms with E-state index in [1.807, 2.05) is 24.5 Å². The third kappa shape index (κ3) is 5.41. The molecule has 0 bridgehead atoms. The highest BCUT2D eigenvalue weighted by Gasteiger charge is 2.38. The minimum Gasteiger partial charge on any atom is -0.464 e. The molecule has 2 amide bonds. The smallest absolute Gasteiger partial charge is 0.407 e. The fraction of sp³-hybridized carbons (Fsp3) is 0.343. The average Bonchev–Trinajstić information content (AvgIpc) is 3.85. The molecule has 1 fully saturated rings. The molecule has 2 N–H and O–H groups in total. The van der Waals surface area contributed by atoms with Crippen LogP contribution in [0.5, 0.6) is 5.75 Å². The summed E-state index contributed by atoms with van der Waals surface area (Å²) in [5.41, 5.74) is 3.83. The van der Waals surface area contributed by atoms with Crippen molar-refractivity contribution in [2.75, 3.05) is 13.7 Å². The van der Waals surface area contributed by atoms with Crippen LogP contribution >= 0.6 is 34.5 Å². The van der Waals surface area contributed by atoms with Crippen LogP contribution in [0.4, 0.5) is 9.18 Å². The van der Waals surface area contributed by atoms with E-state index in [4.69, 9.17) is 32.7 Å². The van der Waals surface area contributed by atoms with Crippen molar-refractivity contribution in [3.8, 4) is 28.3 Å². The number of hydrogen-bond acceptors (Lipinski definition) is 6. The SMILES string of the molecule is COC(=O)NC(C(=O)N1CCCC1c1ncc(-c2cc(F)c3c(c2)OC(c2cc(C)c(C)s2)n2c-3c(Cl)c3cc(Cl)ccc32)[nH]1)C(C)C. The number of methoxy groups -OCH3 is 1. The van der Waals surface area contributed by atoms with Crippen LogP contribution in [0, 0.1) is 25.6 Å². The lowest BCUT2D eigenvalue weighted by atomic mass is 10.0. The molecule has 3 unspecified atom stereocenters. The zero-order valence-electron chi connectivity index (χ0n) is 27.0. The minimum absolute atomic E-state index is 0.154. The molecule has 3 aromatic heterocycles. The van der Waals surface area contributed by atoms with E-state index in [1.54, 1.807) is 40.6 Å². The van der Waals surface area contributed by atoms with Crippen molar-refractivity contribution in [1.82, 2.24) is 24.8 Å². The van der Waals surface area contributed by atoms with Gasteiger partial charge in [-0.3, -0.25) is 9.36 Å². The van der Waals surface area contributed by atoms with Crippen LogP contribution < -0.4 is 10.1 Å². The second kappa shape index (κ2) is 12.4. The Bertz CT molecular complexity index is 2070. The summed E-state index contributed by atoms with van der Waals surface area (Å²) >= 11 is 15.0. The molecular weight excluding hydrogens is 676 g/mol. The number of carbonyl (C=O) groups excluding carboxylic acids is 2. The molecule has 9 nitrogen and oxygen atoms in total. The summed E-state index contributed by atoms with van der Waals surface area (Å²) < 4.78 is 29.7. The van der Waals surface area contributed by atoms with Crippen molar-refractivity contribution in [3.05, 3.63) is 79.6 Å². The Morgan fingerprint density at radius 3 is 2.69 bits per heavy atom. The molecule has 0 aliphatic carbocycles. The largest absolute Gasteiger partial charge is 0.464 e. The lowest BCUT2D eigenvalue weighted by Crippen LogP contribution is -2.51. The number of aryl methyl sites for hydroxylation is 2. The molecule has 1 saturated heterocycles. The molecule has 250 valence electrons. The fourth-order valence-electron chi connectivity index (χ4n) is 6.71. The van der Waals surface area contributed by atoms with Crippen molar-refractivity contribution in [1.29, 1.82) is 0 Å². The Morgan fingerprint density at radius 1 is 1.19 bits per heavy atom. The van der Waals surface area contributed by atoms with E-state index in [2.05, 4.69) is 35.2 Å². The van der Waals surface area contributed by atoms with Crippen molar-refractivity contribution in [2.24, 2.45) is 5.92 Å². The van der Waals surface area contributed by atoms with Gasteiger partial charge in [-0.15, -0.1) is 11.3 Å². The van der Waals surface area contributed by atoms with E-state index in [1.165, 1.54) is 13.2 Å². The first-order valence-corrected chi connectivity index (χ1v) is 17.3. The summed E-state index contributed by atoms with van der Waals surface area (Å²) in [6.45, 7) is 8.38. The number of nitrogens with zero attached hydrogens (tertiary/aromatic N) is 3. The summed E-state index contributed by atoms with van der Waals surface area (Å²) in [7, 11) is 1.27. The molecule has 2 aliphatic rings. The lowest BCUT2D eigenvalue weighted by molar-refractivity contribution is -0.135. The molecular formula is C35H34Cl2FN5O4S. The van der Waals surface area contributed by atoms with Gasteiger partial charge in [0, 0.05) is 27.4 Å². The van der Waals surface area contributed by atoms with Gasteiger partial charge in [-0.05, 0) is 74.6 Å². The molecule has 13 heteroatoms. The monoisotopic (exact) mass is 709 g/mol. The number of alkyl carbamates (subject to hydrolysis) is 1. The van der Waals surface area contributed by atoms with Crippen LogP contribution in [-0.2, 0) is 9.53 Å². The van der Waals surface area contributed by atoms with Crippen molar-refractivity contribution in [3.63, 3.8) is 0 Å². The Kier molecular flexibility index (Phi) is 8.41. The zero-order chi connectivity index (χ0) is 34.0. The number of fused-ring (bicyclic) bond motifs is 5. The van der Waals surface area contributed by atoms with E-state index in [9.17, 15) is 9.59 Å². The molecule has 48 heavy (non-hydrogen) atoms. The van der Waals surface area contributed by atoms with Crippen LogP contribution in [0.1, 0.15) is 60.1 Å². The van der Waals surface area contributed by atoms with Crippen LogP contribution in [-0.4, -0.2) is 51.1 Å². The topological polar surface area (TPSA) is 101 Å². The maximum atomic E-state index is 16.3. The number of imidazole rings is 1. The van der Waals surface area contributed by atoms with Gasteiger partial charge >= 0.3 is 6.09 Å². The van der Waals surface area contributed by atoms with Crippen LogP contribution in [0.25, 0.3) is 33.4 Å². The number of aromatic amines is 1. The van der Waals surface area contributed by atoms with Crippen molar-refractivity contribution in [2.45, 2.75) is 58.8 Å².